The van der Waals surface area contributed by atoms with E-state index in [1.807, 2.05) is 25.2 Å². The molecule has 0 saturated carbocycles. The molecule has 4 rings (SSSR count). The molecule has 1 N–H and O–H groups in total. The van der Waals surface area contributed by atoms with Gasteiger partial charge in [0, 0.05) is 25.0 Å². The second kappa shape index (κ2) is 9.43. The largest absolute Gasteiger partial charge is 0.468 e. The van der Waals surface area contributed by atoms with E-state index in [1.54, 1.807) is 29.0 Å². The molecule has 1 aromatic carbocycles. The van der Waals surface area contributed by atoms with Crippen molar-refractivity contribution in [3.05, 3.63) is 46.2 Å². The molecule has 0 aliphatic carbocycles. The van der Waals surface area contributed by atoms with E-state index in [0.29, 0.717) is 28.1 Å². The zero-order valence-corrected chi connectivity index (χ0v) is 19.8. The lowest BCUT2D eigenvalue weighted by atomic mass is 10.1. The number of hydrogen-bond acceptors (Lipinski definition) is 10. The Morgan fingerprint density at radius 3 is 2.71 bits per heavy atom. The Kier molecular flexibility index (Phi) is 6.41. The normalized spacial score (nSPS) is 11.6. The highest BCUT2D eigenvalue weighted by Crippen LogP contribution is 2.33. The number of benzene rings is 1. The molecule has 0 unspecified atom stereocenters. The summed E-state index contributed by atoms with van der Waals surface area (Å²) in [6.45, 7) is 0.514. The van der Waals surface area contributed by atoms with Crippen molar-refractivity contribution in [3.8, 4) is 0 Å². The standard InChI is InChI=1S/C22H22N6O5S/c1-27(10-12-6-5-7-15-13(12)8-23-26-15)24-9-14-16(11-29)28(2)19-18(14)34-20(25-19)17(21(30)32-3)22(31)33-4/h5-9,11,17H,10H2,1-4H3,(H,23,26)/b24-9-. The molecule has 0 spiro atoms. The summed E-state index contributed by atoms with van der Waals surface area (Å²) in [6.07, 6.45) is 4.07. The fraction of sp³-hybridized carbons (Fsp3) is 0.273. The van der Waals surface area contributed by atoms with Gasteiger partial charge in [0.2, 0.25) is 5.92 Å². The Morgan fingerprint density at radius 2 is 2.03 bits per heavy atom. The number of carbonyl (C=O) groups is 3. The molecule has 4 aromatic rings. The number of fused-ring (bicyclic) bond motifs is 2. The number of nitrogens with one attached hydrogen (secondary N) is 1. The maximum Gasteiger partial charge on any atom is 0.327 e. The number of hydrogen-bond donors (Lipinski definition) is 1. The quantitative estimate of drug-likeness (QED) is 0.133. The van der Waals surface area contributed by atoms with Crippen LogP contribution in [0.2, 0.25) is 0 Å². The Hall–Kier alpha value is -4.06. The van der Waals surface area contributed by atoms with Gasteiger partial charge in [-0.15, -0.1) is 11.3 Å². The van der Waals surface area contributed by atoms with Crippen LogP contribution in [0.1, 0.15) is 32.5 Å². The Labute approximate surface area is 198 Å². The van der Waals surface area contributed by atoms with Crippen molar-refractivity contribution in [2.24, 2.45) is 12.1 Å². The molecule has 0 aliphatic heterocycles. The summed E-state index contributed by atoms with van der Waals surface area (Å²) in [7, 11) is 5.88. The molecule has 3 heterocycles. The second-order valence-electron chi connectivity index (χ2n) is 7.47. The first-order chi connectivity index (χ1) is 16.4. The Balaban J connectivity index is 1.69. The number of aromatic amines is 1. The summed E-state index contributed by atoms with van der Waals surface area (Å²) >= 11 is 1.11. The summed E-state index contributed by atoms with van der Waals surface area (Å²) < 4.78 is 11.7. The van der Waals surface area contributed by atoms with E-state index in [4.69, 9.17) is 9.47 Å². The highest BCUT2D eigenvalue weighted by molar-refractivity contribution is 7.19. The SMILES string of the molecule is COC(=O)C(C(=O)OC)c1nc2c(s1)c(/C=N\N(C)Cc1cccc3[nH]ncc13)c(C=O)n2C. The van der Waals surface area contributed by atoms with Crippen LogP contribution in [0.15, 0.2) is 29.5 Å². The van der Waals surface area contributed by atoms with Crippen LogP contribution >= 0.6 is 11.3 Å². The Bertz CT molecular complexity index is 1400. The fourth-order valence-electron chi connectivity index (χ4n) is 3.68. The van der Waals surface area contributed by atoms with Crippen molar-refractivity contribution in [2.45, 2.75) is 12.5 Å². The molecule has 0 saturated heterocycles. The van der Waals surface area contributed by atoms with Crippen molar-refractivity contribution in [2.75, 3.05) is 21.3 Å². The number of ether oxygens (including phenoxy) is 2. The lowest BCUT2D eigenvalue weighted by molar-refractivity contribution is -0.154. The molecule has 0 aliphatic rings. The topological polar surface area (TPSA) is 132 Å². The fourth-order valence-corrected chi connectivity index (χ4v) is 4.87. The minimum absolute atomic E-state index is 0.214. The zero-order valence-electron chi connectivity index (χ0n) is 18.9. The first-order valence-corrected chi connectivity index (χ1v) is 11.0. The number of methoxy groups -OCH3 is 2. The minimum Gasteiger partial charge on any atom is -0.468 e. The number of rotatable bonds is 8. The number of hydrazone groups is 1. The minimum atomic E-state index is -1.31. The summed E-state index contributed by atoms with van der Waals surface area (Å²) in [4.78, 5) is 40.7. The van der Waals surface area contributed by atoms with E-state index in [0.717, 1.165) is 34.1 Å². The molecule has 0 fully saturated rings. The zero-order chi connectivity index (χ0) is 24.4. The van der Waals surface area contributed by atoms with Gasteiger partial charge in [-0.1, -0.05) is 12.1 Å². The van der Waals surface area contributed by atoms with Gasteiger partial charge in [-0.2, -0.15) is 10.2 Å². The van der Waals surface area contributed by atoms with Crippen LogP contribution in [0.3, 0.4) is 0 Å². The van der Waals surface area contributed by atoms with Gasteiger partial charge in [0.15, 0.2) is 11.9 Å². The van der Waals surface area contributed by atoms with E-state index in [9.17, 15) is 14.4 Å². The van der Waals surface area contributed by atoms with Crippen LogP contribution in [-0.2, 0) is 32.7 Å². The van der Waals surface area contributed by atoms with E-state index in [2.05, 4.69) is 20.3 Å². The van der Waals surface area contributed by atoms with E-state index < -0.39 is 17.9 Å². The third kappa shape index (κ3) is 4.03. The van der Waals surface area contributed by atoms with Crippen molar-refractivity contribution >= 4 is 57.0 Å². The molecule has 0 amide bonds. The van der Waals surface area contributed by atoms with Crippen molar-refractivity contribution in [1.29, 1.82) is 0 Å². The smallest absolute Gasteiger partial charge is 0.327 e. The number of aromatic nitrogens is 4. The molecule has 176 valence electrons. The molecule has 0 atom stereocenters. The number of esters is 2. The number of H-pyrrole nitrogens is 1. The average Bonchev–Trinajstić information content (AvgIpc) is 3.54. The number of nitrogens with zero attached hydrogens (tertiary/aromatic N) is 5. The van der Waals surface area contributed by atoms with E-state index >= 15 is 0 Å². The monoisotopic (exact) mass is 482 g/mol. The molecular formula is C22H22N6O5S. The molecule has 0 radical (unpaired) electrons. The molecule has 11 nitrogen and oxygen atoms in total. The molecule has 34 heavy (non-hydrogen) atoms. The van der Waals surface area contributed by atoms with Crippen LogP contribution in [0.25, 0.3) is 21.3 Å². The lowest BCUT2D eigenvalue weighted by Crippen LogP contribution is -2.24. The predicted octanol–water partition coefficient (Wildman–Crippen LogP) is 2.22. The van der Waals surface area contributed by atoms with E-state index in [-0.39, 0.29) is 5.01 Å². The van der Waals surface area contributed by atoms with Gasteiger partial charge >= 0.3 is 11.9 Å². The first-order valence-electron chi connectivity index (χ1n) is 10.2. The molecule has 0 bridgehead atoms. The molecular weight excluding hydrogens is 460 g/mol. The van der Waals surface area contributed by atoms with Crippen molar-refractivity contribution < 1.29 is 23.9 Å². The predicted molar refractivity (Wildman–Crippen MR) is 126 cm³/mol. The number of aldehydes is 1. The van der Waals surface area contributed by atoms with Gasteiger partial charge in [-0.3, -0.25) is 24.5 Å². The summed E-state index contributed by atoms with van der Waals surface area (Å²) in [5.41, 5.74) is 3.34. The van der Waals surface area contributed by atoms with Gasteiger partial charge in [-0.25, -0.2) is 4.98 Å². The number of carbonyl (C=O) groups excluding carboxylic acids is 3. The van der Waals surface area contributed by atoms with Crippen LogP contribution in [0.5, 0.6) is 0 Å². The van der Waals surface area contributed by atoms with Crippen LogP contribution in [0, 0.1) is 0 Å². The summed E-state index contributed by atoms with van der Waals surface area (Å²) in [6, 6.07) is 5.89. The second-order valence-corrected chi connectivity index (χ2v) is 8.50. The number of thiazole rings is 1. The van der Waals surface area contributed by atoms with Crippen LogP contribution < -0.4 is 0 Å². The average molecular weight is 483 g/mol. The number of aryl methyl sites for hydroxylation is 1. The molecule has 12 heteroatoms. The first kappa shape index (κ1) is 23.1. The third-order valence-electron chi connectivity index (χ3n) is 5.42. The maximum absolute atomic E-state index is 12.2. The van der Waals surface area contributed by atoms with E-state index in [1.165, 1.54) is 14.2 Å². The highest BCUT2D eigenvalue weighted by atomic mass is 32.1. The van der Waals surface area contributed by atoms with Gasteiger partial charge < -0.3 is 14.0 Å². The van der Waals surface area contributed by atoms with Crippen molar-refractivity contribution in [3.63, 3.8) is 0 Å². The van der Waals surface area contributed by atoms with Gasteiger partial charge in [0.05, 0.1) is 49.1 Å². The summed E-state index contributed by atoms with van der Waals surface area (Å²) in [5, 5.41) is 14.5. The van der Waals surface area contributed by atoms with Crippen LogP contribution in [-0.4, -0.2) is 70.5 Å². The lowest BCUT2D eigenvalue weighted by Gasteiger charge is -2.13. The summed E-state index contributed by atoms with van der Waals surface area (Å²) in [5.74, 6) is -2.86. The van der Waals surface area contributed by atoms with Gasteiger partial charge in [0.1, 0.15) is 5.01 Å². The third-order valence-corrected chi connectivity index (χ3v) is 6.56. The van der Waals surface area contributed by atoms with Crippen LogP contribution in [0.4, 0.5) is 0 Å². The van der Waals surface area contributed by atoms with Crippen molar-refractivity contribution in [1.82, 2.24) is 24.8 Å². The highest BCUT2D eigenvalue weighted by Gasteiger charge is 2.35. The maximum atomic E-state index is 12.2. The molecule has 3 aromatic heterocycles. The van der Waals surface area contributed by atoms with Gasteiger partial charge in [0.25, 0.3) is 0 Å². The Morgan fingerprint density at radius 1 is 1.29 bits per heavy atom. The van der Waals surface area contributed by atoms with Gasteiger partial charge in [-0.05, 0) is 11.6 Å².